The summed E-state index contributed by atoms with van der Waals surface area (Å²) in [4.78, 5) is 39.9. The van der Waals surface area contributed by atoms with Crippen molar-refractivity contribution >= 4 is 29.2 Å². The maximum absolute atomic E-state index is 13.1. The summed E-state index contributed by atoms with van der Waals surface area (Å²) in [5.74, 6) is -0.796. The number of nitrogens with zero attached hydrogens (tertiary/aromatic N) is 1. The van der Waals surface area contributed by atoms with Crippen molar-refractivity contribution in [2.24, 2.45) is 5.92 Å². The molecular weight excluding hydrogens is 473 g/mol. The zero-order valence-corrected chi connectivity index (χ0v) is 20.2. The molecule has 0 atom stereocenters. The van der Waals surface area contributed by atoms with Gasteiger partial charge >= 0.3 is 0 Å². The topological polar surface area (TPSA) is 87.7 Å². The van der Waals surface area contributed by atoms with E-state index in [0.717, 1.165) is 25.9 Å². The second-order valence-electron chi connectivity index (χ2n) is 8.95. The van der Waals surface area contributed by atoms with Gasteiger partial charge in [-0.3, -0.25) is 14.4 Å². The zero-order chi connectivity index (χ0) is 24.8. The van der Waals surface area contributed by atoms with Crippen molar-refractivity contribution in [1.29, 1.82) is 0 Å². The molecule has 7 nitrogen and oxygen atoms in total. The lowest BCUT2D eigenvalue weighted by molar-refractivity contribution is -0.134. The lowest BCUT2D eigenvalue weighted by Crippen LogP contribution is -2.43. The molecule has 0 spiro atoms. The lowest BCUT2D eigenvalue weighted by Gasteiger charge is -2.31. The van der Waals surface area contributed by atoms with E-state index in [1.807, 2.05) is 0 Å². The Balaban J connectivity index is 1.30. The molecule has 2 heterocycles. The van der Waals surface area contributed by atoms with Crippen LogP contribution in [0, 0.1) is 11.7 Å². The summed E-state index contributed by atoms with van der Waals surface area (Å²) in [6.45, 7) is 2.36. The number of hydrogen-bond acceptors (Lipinski definition) is 5. The molecule has 2 aliphatic rings. The molecule has 186 valence electrons. The molecule has 2 fully saturated rings. The number of nitrogens with one attached hydrogen (secondary N) is 2. The predicted octanol–water partition coefficient (Wildman–Crippen LogP) is 3.46. The standard InChI is InChI=1S/C26H29ClFN3O4/c27-19-3-6-23(22(15-19)26(34)30-21-7-11-29-12-8-21)35-16-24(32)31-13-9-18(10-14-31)25(33)17-1-4-20(28)5-2-17/h1-6,15,18,21,29H,7-14,16H2,(H,30,34). The van der Waals surface area contributed by atoms with Crippen LogP contribution in [0.3, 0.4) is 0 Å². The number of Topliss-reactive ketones (excluding diaryl/α,β-unsaturated/α-hetero) is 1. The van der Waals surface area contributed by atoms with E-state index >= 15 is 0 Å². The fourth-order valence-corrected chi connectivity index (χ4v) is 4.68. The van der Waals surface area contributed by atoms with Gasteiger partial charge in [0.1, 0.15) is 11.6 Å². The van der Waals surface area contributed by atoms with E-state index in [-0.39, 0.29) is 42.0 Å². The number of piperidine rings is 2. The van der Waals surface area contributed by atoms with Gasteiger partial charge in [0.2, 0.25) is 0 Å². The summed E-state index contributed by atoms with van der Waals surface area (Å²) in [6.07, 6.45) is 2.76. The number of ketones is 1. The van der Waals surface area contributed by atoms with Gasteiger partial charge in [-0.05, 0) is 81.2 Å². The Morgan fingerprint density at radius 3 is 2.40 bits per heavy atom. The van der Waals surface area contributed by atoms with Crippen LogP contribution in [-0.2, 0) is 4.79 Å². The van der Waals surface area contributed by atoms with Crippen LogP contribution >= 0.6 is 11.6 Å². The minimum absolute atomic E-state index is 0.0288. The zero-order valence-electron chi connectivity index (χ0n) is 19.4. The Morgan fingerprint density at radius 1 is 1.03 bits per heavy atom. The second kappa shape index (κ2) is 11.6. The minimum Gasteiger partial charge on any atom is -0.483 e. The average molecular weight is 502 g/mol. The van der Waals surface area contributed by atoms with E-state index in [4.69, 9.17) is 16.3 Å². The van der Waals surface area contributed by atoms with Crippen LogP contribution in [-0.4, -0.2) is 61.3 Å². The van der Waals surface area contributed by atoms with Gasteiger partial charge in [0.05, 0.1) is 5.56 Å². The van der Waals surface area contributed by atoms with Crippen LogP contribution in [0.4, 0.5) is 4.39 Å². The third kappa shape index (κ3) is 6.58. The molecule has 0 aromatic heterocycles. The highest BCUT2D eigenvalue weighted by atomic mass is 35.5. The van der Waals surface area contributed by atoms with Crippen molar-refractivity contribution < 1.29 is 23.5 Å². The van der Waals surface area contributed by atoms with Gasteiger partial charge in [-0.2, -0.15) is 0 Å². The van der Waals surface area contributed by atoms with Gasteiger partial charge in [0, 0.05) is 35.6 Å². The Morgan fingerprint density at radius 2 is 1.71 bits per heavy atom. The third-order valence-corrected chi connectivity index (χ3v) is 6.79. The minimum atomic E-state index is -0.380. The molecule has 9 heteroatoms. The number of halogens is 2. The van der Waals surface area contributed by atoms with Crippen molar-refractivity contribution in [3.8, 4) is 5.75 Å². The molecule has 4 rings (SSSR count). The van der Waals surface area contributed by atoms with Crippen molar-refractivity contribution in [3.05, 3.63) is 64.4 Å². The Bertz CT molecular complexity index is 1060. The number of benzene rings is 2. The smallest absolute Gasteiger partial charge is 0.260 e. The lowest BCUT2D eigenvalue weighted by atomic mass is 9.89. The quantitative estimate of drug-likeness (QED) is 0.567. The van der Waals surface area contributed by atoms with E-state index in [0.29, 0.717) is 47.8 Å². The predicted molar refractivity (Wildman–Crippen MR) is 130 cm³/mol. The third-order valence-electron chi connectivity index (χ3n) is 6.56. The molecule has 2 N–H and O–H groups in total. The molecule has 2 amide bonds. The van der Waals surface area contributed by atoms with E-state index in [1.54, 1.807) is 23.1 Å². The van der Waals surface area contributed by atoms with Gasteiger partial charge in [-0.15, -0.1) is 0 Å². The first-order chi connectivity index (χ1) is 16.9. The summed E-state index contributed by atoms with van der Waals surface area (Å²) in [5, 5.41) is 6.69. The van der Waals surface area contributed by atoms with Crippen LogP contribution in [0.1, 0.15) is 46.4 Å². The normalized spacial score (nSPS) is 17.1. The average Bonchev–Trinajstić information content (AvgIpc) is 2.88. The van der Waals surface area contributed by atoms with E-state index < -0.39 is 0 Å². The summed E-state index contributed by atoms with van der Waals surface area (Å²) in [5.41, 5.74) is 0.782. The highest BCUT2D eigenvalue weighted by Gasteiger charge is 2.28. The number of rotatable bonds is 7. The first kappa shape index (κ1) is 25.1. The molecule has 2 saturated heterocycles. The number of carbonyl (C=O) groups excluding carboxylic acids is 3. The molecule has 0 aliphatic carbocycles. The number of carbonyl (C=O) groups is 3. The largest absolute Gasteiger partial charge is 0.483 e. The van der Waals surface area contributed by atoms with Crippen LogP contribution in [0.2, 0.25) is 5.02 Å². The molecule has 35 heavy (non-hydrogen) atoms. The number of hydrogen-bond donors (Lipinski definition) is 2. The first-order valence-corrected chi connectivity index (χ1v) is 12.3. The van der Waals surface area contributed by atoms with E-state index in [1.165, 1.54) is 24.3 Å². The van der Waals surface area contributed by atoms with Crippen LogP contribution in [0.15, 0.2) is 42.5 Å². The Hall–Kier alpha value is -2.97. The fourth-order valence-electron chi connectivity index (χ4n) is 4.51. The van der Waals surface area contributed by atoms with Gasteiger partial charge in [-0.25, -0.2) is 4.39 Å². The summed E-state index contributed by atoms with van der Waals surface area (Å²) in [6, 6.07) is 10.4. The van der Waals surface area contributed by atoms with Crippen LogP contribution in [0.25, 0.3) is 0 Å². The molecule has 0 saturated carbocycles. The molecule has 2 aliphatic heterocycles. The van der Waals surface area contributed by atoms with Crippen LogP contribution in [0.5, 0.6) is 5.75 Å². The van der Waals surface area contributed by atoms with E-state index in [2.05, 4.69) is 10.6 Å². The highest BCUT2D eigenvalue weighted by Crippen LogP contribution is 2.25. The van der Waals surface area contributed by atoms with Crippen molar-refractivity contribution in [3.63, 3.8) is 0 Å². The number of amides is 2. The SMILES string of the molecule is O=C(NC1CCNCC1)c1cc(Cl)ccc1OCC(=O)N1CCC(C(=O)c2ccc(F)cc2)CC1. The van der Waals surface area contributed by atoms with Crippen molar-refractivity contribution in [1.82, 2.24) is 15.5 Å². The summed E-state index contributed by atoms with van der Waals surface area (Å²) >= 11 is 6.11. The summed E-state index contributed by atoms with van der Waals surface area (Å²) < 4.78 is 18.9. The van der Waals surface area contributed by atoms with Gasteiger partial charge in [0.25, 0.3) is 11.8 Å². The van der Waals surface area contributed by atoms with E-state index in [9.17, 15) is 18.8 Å². The maximum Gasteiger partial charge on any atom is 0.260 e. The highest BCUT2D eigenvalue weighted by molar-refractivity contribution is 6.31. The van der Waals surface area contributed by atoms with Gasteiger partial charge in [-0.1, -0.05) is 11.6 Å². The molecule has 2 aromatic rings. The molecule has 2 aromatic carbocycles. The molecule has 0 radical (unpaired) electrons. The number of likely N-dealkylation sites (tertiary alicyclic amines) is 1. The monoisotopic (exact) mass is 501 g/mol. The second-order valence-corrected chi connectivity index (χ2v) is 9.39. The molecule has 0 bridgehead atoms. The van der Waals surface area contributed by atoms with Crippen molar-refractivity contribution in [2.75, 3.05) is 32.8 Å². The summed E-state index contributed by atoms with van der Waals surface area (Å²) in [7, 11) is 0. The fraction of sp³-hybridized carbons (Fsp3) is 0.423. The van der Waals surface area contributed by atoms with Gasteiger partial charge < -0.3 is 20.3 Å². The Labute approximate surface area is 209 Å². The first-order valence-electron chi connectivity index (χ1n) is 11.9. The Kier molecular flexibility index (Phi) is 8.36. The maximum atomic E-state index is 13.1. The van der Waals surface area contributed by atoms with Crippen molar-refractivity contribution in [2.45, 2.75) is 31.7 Å². The van der Waals surface area contributed by atoms with Crippen LogP contribution < -0.4 is 15.4 Å². The number of ether oxygens (including phenoxy) is 1. The molecule has 0 unspecified atom stereocenters. The molecular formula is C26H29ClFN3O4. The van der Waals surface area contributed by atoms with Gasteiger partial charge in [0.15, 0.2) is 12.4 Å².